The van der Waals surface area contributed by atoms with Gasteiger partial charge >= 0.3 is 0 Å². The van der Waals surface area contributed by atoms with Gasteiger partial charge in [-0.25, -0.2) is 0 Å². The second-order valence-electron chi connectivity index (χ2n) is 6.66. The Morgan fingerprint density at radius 1 is 0.905 bits per heavy atom. The highest BCUT2D eigenvalue weighted by molar-refractivity contribution is 7.85. The highest BCUT2D eigenvalue weighted by atomic mass is 32.2. The summed E-state index contributed by atoms with van der Waals surface area (Å²) in [5, 5.41) is 0. The minimum absolute atomic E-state index is 0.0944. The molecule has 0 unspecified atom stereocenters. The van der Waals surface area contributed by atoms with Gasteiger partial charge in [0.15, 0.2) is 0 Å². The van der Waals surface area contributed by atoms with Crippen molar-refractivity contribution in [2.24, 2.45) is 0 Å². The van der Waals surface area contributed by atoms with Gasteiger partial charge in [-0.05, 0) is 73.3 Å². The van der Waals surface area contributed by atoms with Crippen LogP contribution in [0.15, 0.2) is 17.0 Å². The van der Waals surface area contributed by atoms with Gasteiger partial charge in [0.2, 0.25) is 0 Å². The van der Waals surface area contributed by atoms with Crippen molar-refractivity contribution in [2.45, 2.75) is 75.0 Å². The molecule has 0 bridgehead atoms. The van der Waals surface area contributed by atoms with Crippen LogP contribution in [-0.4, -0.2) is 13.0 Å². The summed E-state index contributed by atoms with van der Waals surface area (Å²) in [4.78, 5) is 0.0944. The normalized spacial score (nSPS) is 21.2. The molecule has 0 amide bonds. The van der Waals surface area contributed by atoms with E-state index in [1.807, 2.05) is 0 Å². The zero-order valence-corrected chi connectivity index (χ0v) is 13.5. The summed E-state index contributed by atoms with van der Waals surface area (Å²) in [5.74, 6) is 0.929. The fourth-order valence-corrected chi connectivity index (χ4v) is 4.75. The highest BCUT2D eigenvalue weighted by Gasteiger charge is 2.27. The van der Waals surface area contributed by atoms with Crippen molar-refractivity contribution in [2.75, 3.05) is 0 Å². The van der Waals surface area contributed by atoms with E-state index in [0.717, 1.165) is 36.8 Å². The Kier molecular flexibility index (Phi) is 4.10. The minimum Gasteiger partial charge on any atom is -0.282 e. The molecule has 1 N–H and O–H groups in total. The van der Waals surface area contributed by atoms with Crippen molar-refractivity contribution in [1.29, 1.82) is 0 Å². The zero-order chi connectivity index (χ0) is 15.0. The molecule has 0 atom stereocenters. The van der Waals surface area contributed by atoms with Crippen LogP contribution < -0.4 is 0 Å². The Hall–Kier alpha value is -0.870. The van der Waals surface area contributed by atoms with Gasteiger partial charge in [0.1, 0.15) is 0 Å². The van der Waals surface area contributed by atoms with Crippen LogP contribution in [-0.2, 0) is 10.1 Å². The molecule has 2 aliphatic rings. The minimum atomic E-state index is -4.12. The van der Waals surface area contributed by atoms with Crippen LogP contribution in [0.5, 0.6) is 0 Å². The van der Waals surface area contributed by atoms with E-state index >= 15 is 0 Å². The van der Waals surface area contributed by atoms with E-state index in [9.17, 15) is 13.0 Å². The third-order valence-corrected chi connectivity index (χ3v) is 6.18. The molecular weight excluding hydrogens is 284 g/mol. The third-order valence-electron chi connectivity index (χ3n) is 5.35. The van der Waals surface area contributed by atoms with Gasteiger partial charge in [0.05, 0.1) is 4.90 Å². The number of benzene rings is 1. The van der Waals surface area contributed by atoms with E-state index in [1.54, 1.807) is 12.1 Å². The Morgan fingerprint density at radius 3 is 1.62 bits per heavy atom. The quantitative estimate of drug-likeness (QED) is 0.833. The van der Waals surface area contributed by atoms with Crippen molar-refractivity contribution in [3.05, 3.63) is 28.8 Å². The summed E-state index contributed by atoms with van der Waals surface area (Å²) in [6.45, 7) is 2.13. The molecule has 1 aromatic rings. The summed E-state index contributed by atoms with van der Waals surface area (Å²) < 4.78 is 32.8. The number of rotatable bonds is 3. The highest BCUT2D eigenvalue weighted by Crippen LogP contribution is 2.42. The third kappa shape index (κ3) is 3.02. The van der Waals surface area contributed by atoms with E-state index in [1.165, 1.54) is 31.2 Å². The van der Waals surface area contributed by atoms with Crippen molar-refractivity contribution in [3.8, 4) is 0 Å². The second kappa shape index (κ2) is 5.73. The van der Waals surface area contributed by atoms with E-state index in [-0.39, 0.29) is 4.90 Å². The first-order chi connectivity index (χ1) is 9.97. The van der Waals surface area contributed by atoms with Crippen LogP contribution >= 0.6 is 0 Å². The second-order valence-corrected chi connectivity index (χ2v) is 8.09. The molecule has 4 heteroatoms. The monoisotopic (exact) mass is 308 g/mol. The van der Waals surface area contributed by atoms with Crippen LogP contribution in [0.1, 0.15) is 79.9 Å². The summed E-state index contributed by atoms with van der Waals surface area (Å²) >= 11 is 0. The SMILES string of the molecule is Cc1c(C2CCCC2)cc(S(=O)(=O)O)cc1C1CCCC1. The maximum atomic E-state index is 11.6. The van der Waals surface area contributed by atoms with Crippen molar-refractivity contribution in [3.63, 3.8) is 0 Å². The largest absolute Gasteiger partial charge is 0.294 e. The molecule has 2 fully saturated rings. The van der Waals surface area contributed by atoms with Gasteiger partial charge in [0.25, 0.3) is 10.1 Å². The molecule has 0 spiro atoms. The Balaban J connectivity index is 2.11. The molecule has 1 aromatic carbocycles. The molecule has 116 valence electrons. The van der Waals surface area contributed by atoms with E-state index in [2.05, 4.69) is 6.92 Å². The van der Waals surface area contributed by atoms with Gasteiger partial charge < -0.3 is 0 Å². The molecule has 21 heavy (non-hydrogen) atoms. The summed E-state index contributed by atoms with van der Waals surface area (Å²) in [6.07, 6.45) is 9.44. The number of hydrogen-bond donors (Lipinski definition) is 1. The maximum Gasteiger partial charge on any atom is 0.294 e. The Bertz CT molecular complexity index is 584. The first kappa shape index (κ1) is 15.0. The zero-order valence-electron chi connectivity index (χ0n) is 12.6. The van der Waals surface area contributed by atoms with Crippen molar-refractivity contribution >= 4 is 10.1 Å². The van der Waals surface area contributed by atoms with Crippen LogP contribution in [0.4, 0.5) is 0 Å². The lowest BCUT2D eigenvalue weighted by molar-refractivity contribution is 0.482. The van der Waals surface area contributed by atoms with Crippen LogP contribution in [0.25, 0.3) is 0 Å². The van der Waals surface area contributed by atoms with Crippen LogP contribution in [0.2, 0.25) is 0 Å². The first-order valence-electron chi connectivity index (χ1n) is 8.09. The van der Waals surface area contributed by atoms with Gasteiger partial charge in [-0.3, -0.25) is 4.55 Å². The predicted molar refractivity (Wildman–Crippen MR) is 83.4 cm³/mol. The van der Waals surface area contributed by atoms with Crippen molar-refractivity contribution in [1.82, 2.24) is 0 Å². The van der Waals surface area contributed by atoms with Gasteiger partial charge in [-0.1, -0.05) is 25.7 Å². The van der Waals surface area contributed by atoms with E-state index < -0.39 is 10.1 Å². The molecule has 0 radical (unpaired) electrons. The van der Waals surface area contributed by atoms with Crippen molar-refractivity contribution < 1.29 is 13.0 Å². The lowest BCUT2D eigenvalue weighted by atomic mass is 9.85. The first-order valence-corrected chi connectivity index (χ1v) is 9.53. The molecule has 0 saturated heterocycles. The van der Waals surface area contributed by atoms with Gasteiger partial charge in [-0.2, -0.15) is 8.42 Å². The van der Waals surface area contributed by atoms with Crippen LogP contribution in [0.3, 0.4) is 0 Å². The van der Waals surface area contributed by atoms with E-state index in [4.69, 9.17) is 0 Å². The van der Waals surface area contributed by atoms with E-state index in [0.29, 0.717) is 11.8 Å². The Labute approximate surface area is 127 Å². The fourth-order valence-electron chi connectivity index (χ4n) is 4.20. The molecule has 3 rings (SSSR count). The molecule has 3 nitrogen and oxygen atoms in total. The van der Waals surface area contributed by atoms with Crippen LogP contribution in [0, 0.1) is 6.92 Å². The topological polar surface area (TPSA) is 54.4 Å². The van der Waals surface area contributed by atoms with Gasteiger partial charge in [-0.15, -0.1) is 0 Å². The number of hydrogen-bond acceptors (Lipinski definition) is 2. The smallest absolute Gasteiger partial charge is 0.282 e. The maximum absolute atomic E-state index is 11.6. The Morgan fingerprint density at radius 2 is 1.29 bits per heavy atom. The predicted octanol–water partition coefficient (Wildman–Crippen LogP) is 4.56. The lowest BCUT2D eigenvalue weighted by Crippen LogP contribution is -2.08. The summed E-state index contributed by atoms with van der Waals surface area (Å²) in [7, 11) is -4.12. The molecule has 0 aromatic heterocycles. The molecule has 0 heterocycles. The molecule has 0 aliphatic heterocycles. The lowest BCUT2D eigenvalue weighted by Gasteiger charge is -2.21. The molecule has 2 aliphatic carbocycles. The molecule has 2 saturated carbocycles. The summed E-state index contributed by atoms with van der Waals surface area (Å²) in [6, 6.07) is 3.44. The molecular formula is C17H24O3S. The average molecular weight is 308 g/mol. The summed E-state index contributed by atoms with van der Waals surface area (Å²) in [5.41, 5.74) is 3.58. The fraction of sp³-hybridized carbons (Fsp3) is 0.647. The van der Waals surface area contributed by atoms with Gasteiger partial charge in [0, 0.05) is 0 Å². The average Bonchev–Trinajstić information content (AvgIpc) is 3.11. The standard InChI is InChI=1S/C17H24O3S/c1-12-16(13-6-2-3-7-13)10-15(21(18,19)20)11-17(12)14-8-4-5-9-14/h10-11,13-14H,2-9H2,1H3,(H,18,19,20).